The lowest BCUT2D eigenvalue weighted by Gasteiger charge is -2.10. The van der Waals surface area contributed by atoms with Crippen LogP contribution in [0.3, 0.4) is 0 Å². The molecule has 116 valence electrons. The van der Waals surface area contributed by atoms with Crippen molar-refractivity contribution >= 4 is 5.52 Å². The van der Waals surface area contributed by atoms with E-state index in [0.29, 0.717) is 0 Å². The molecule has 24 heavy (non-hydrogen) atoms. The molecule has 1 heteroatoms. The first-order valence-corrected chi connectivity index (χ1v) is 8.29. The van der Waals surface area contributed by atoms with Crippen molar-refractivity contribution in [3.05, 3.63) is 96.3 Å². The molecule has 0 saturated heterocycles. The molecule has 0 aliphatic heterocycles. The Labute approximate surface area is 142 Å². The normalized spacial score (nSPS) is 10.9. The van der Waals surface area contributed by atoms with E-state index < -0.39 is 0 Å². The standard InChI is InChI=1S/C23H20N/c1-17-7-5-9-19(13-17)22-15-21-11-3-4-12-24(21)16-23(22)20-10-6-8-18(2)14-20/h3-16H,1-2H3/q+1. The van der Waals surface area contributed by atoms with E-state index in [0.717, 1.165) is 0 Å². The molecule has 0 N–H and O–H groups in total. The van der Waals surface area contributed by atoms with E-state index in [4.69, 9.17) is 0 Å². The first-order valence-electron chi connectivity index (χ1n) is 8.29. The summed E-state index contributed by atoms with van der Waals surface area (Å²) < 4.78 is 2.19. The third-order valence-electron chi connectivity index (χ3n) is 4.43. The molecule has 2 heterocycles. The average Bonchev–Trinajstić information content (AvgIpc) is 2.60. The maximum Gasteiger partial charge on any atom is 0.211 e. The molecule has 0 saturated carbocycles. The fraction of sp³-hybridized carbons (Fsp3) is 0.0870. The predicted molar refractivity (Wildman–Crippen MR) is 99.9 cm³/mol. The van der Waals surface area contributed by atoms with Crippen LogP contribution < -0.4 is 4.40 Å². The molecule has 0 fully saturated rings. The van der Waals surface area contributed by atoms with E-state index in [-0.39, 0.29) is 0 Å². The van der Waals surface area contributed by atoms with Gasteiger partial charge in [0.05, 0.1) is 5.56 Å². The Kier molecular flexibility index (Phi) is 3.62. The summed E-state index contributed by atoms with van der Waals surface area (Å²) in [6.07, 6.45) is 4.34. The zero-order valence-corrected chi connectivity index (χ0v) is 14.0. The lowest BCUT2D eigenvalue weighted by atomic mass is 9.94. The van der Waals surface area contributed by atoms with Crippen molar-refractivity contribution < 1.29 is 4.40 Å². The topological polar surface area (TPSA) is 4.10 Å². The van der Waals surface area contributed by atoms with Gasteiger partial charge in [0.25, 0.3) is 0 Å². The van der Waals surface area contributed by atoms with Crippen LogP contribution in [-0.4, -0.2) is 0 Å². The second kappa shape index (κ2) is 5.93. The van der Waals surface area contributed by atoms with Gasteiger partial charge in [-0.1, -0.05) is 59.7 Å². The average molecular weight is 310 g/mol. The first-order chi connectivity index (χ1) is 11.7. The molecular weight excluding hydrogens is 290 g/mol. The highest BCUT2D eigenvalue weighted by Crippen LogP contribution is 2.32. The Balaban J connectivity index is 2.04. The minimum absolute atomic E-state index is 1.20. The second-order valence-corrected chi connectivity index (χ2v) is 6.37. The number of fused-ring (bicyclic) bond motifs is 1. The third kappa shape index (κ3) is 2.69. The van der Waals surface area contributed by atoms with E-state index >= 15 is 0 Å². The van der Waals surface area contributed by atoms with Crippen molar-refractivity contribution in [2.45, 2.75) is 13.8 Å². The smallest absolute Gasteiger partial charge is 0.167 e. The molecule has 4 rings (SSSR count). The summed E-state index contributed by atoms with van der Waals surface area (Å²) in [7, 11) is 0. The van der Waals surface area contributed by atoms with Crippen LogP contribution in [-0.2, 0) is 0 Å². The van der Waals surface area contributed by atoms with Crippen LogP contribution in [0.1, 0.15) is 11.1 Å². The Morgan fingerprint density at radius 3 is 1.96 bits per heavy atom. The largest absolute Gasteiger partial charge is 0.211 e. The zero-order valence-electron chi connectivity index (χ0n) is 14.0. The molecule has 1 nitrogen and oxygen atoms in total. The van der Waals surface area contributed by atoms with Gasteiger partial charge in [-0.3, -0.25) is 0 Å². The van der Waals surface area contributed by atoms with Crippen LogP contribution in [0.2, 0.25) is 0 Å². The minimum atomic E-state index is 1.20. The van der Waals surface area contributed by atoms with Crippen molar-refractivity contribution in [3.63, 3.8) is 0 Å². The molecule has 2 aromatic carbocycles. The summed E-state index contributed by atoms with van der Waals surface area (Å²) in [5.74, 6) is 0. The van der Waals surface area contributed by atoms with E-state index in [9.17, 15) is 0 Å². The van der Waals surface area contributed by atoms with Crippen molar-refractivity contribution in [2.24, 2.45) is 0 Å². The SMILES string of the molecule is Cc1cccc(-c2cc3cccc[n+]3cc2-c2cccc(C)c2)c1. The van der Waals surface area contributed by atoms with Crippen LogP contribution in [0, 0.1) is 13.8 Å². The van der Waals surface area contributed by atoms with Gasteiger partial charge >= 0.3 is 0 Å². The molecule has 0 atom stereocenters. The van der Waals surface area contributed by atoms with Gasteiger partial charge < -0.3 is 0 Å². The van der Waals surface area contributed by atoms with Gasteiger partial charge in [-0.05, 0) is 31.0 Å². The fourth-order valence-electron chi connectivity index (χ4n) is 3.24. The molecule has 0 aliphatic carbocycles. The molecule has 0 spiro atoms. The van der Waals surface area contributed by atoms with E-state index in [1.165, 1.54) is 38.9 Å². The summed E-state index contributed by atoms with van der Waals surface area (Å²) in [5, 5.41) is 0. The number of pyridine rings is 2. The minimum Gasteiger partial charge on any atom is -0.167 e. The van der Waals surface area contributed by atoms with Gasteiger partial charge in [0.1, 0.15) is 0 Å². The van der Waals surface area contributed by atoms with Crippen molar-refractivity contribution in [2.75, 3.05) is 0 Å². The number of rotatable bonds is 2. The van der Waals surface area contributed by atoms with Crippen molar-refractivity contribution in [3.8, 4) is 22.3 Å². The number of nitrogens with zero attached hydrogens (tertiary/aromatic N) is 1. The lowest BCUT2D eigenvalue weighted by Crippen LogP contribution is -2.20. The third-order valence-corrected chi connectivity index (χ3v) is 4.43. The Morgan fingerprint density at radius 1 is 0.625 bits per heavy atom. The monoisotopic (exact) mass is 310 g/mol. The second-order valence-electron chi connectivity index (χ2n) is 6.37. The number of aryl methyl sites for hydroxylation is 2. The highest BCUT2D eigenvalue weighted by Gasteiger charge is 2.14. The summed E-state index contributed by atoms with van der Waals surface area (Å²) in [5.41, 5.74) is 8.81. The maximum atomic E-state index is 2.28. The zero-order chi connectivity index (χ0) is 16.5. The van der Waals surface area contributed by atoms with Crippen LogP contribution in [0.5, 0.6) is 0 Å². The summed E-state index contributed by atoms with van der Waals surface area (Å²) >= 11 is 0. The summed E-state index contributed by atoms with van der Waals surface area (Å²) in [6.45, 7) is 4.29. The van der Waals surface area contributed by atoms with Gasteiger partial charge in [0, 0.05) is 23.8 Å². The Morgan fingerprint density at radius 2 is 1.29 bits per heavy atom. The molecule has 4 aromatic rings. The highest BCUT2D eigenvalue weighted by molar-refractivity contribution is 5.84. The first kappa shape index (κ1) is 14.6. The van der Waals surface area contributed by atoms with Crippen molar-refractivity contribution in [1.29, 1.82) is 0 Å². The number of benzene rings is 2. The van der Waals surface area contributed by atoms with Crippen LogP contribution >= 0.6 is 0 Å². The summed E-state index contributed by atoms with van der Waals surface area (Å²) in [4.78, 5) is 0. The molecule has 0 unspecified atom stereocenters. The fourth-order valence-corrected chi connectivity index (χ4v) is 3.24. The molecule has 2 aromatic heterocycles. The molecular formula is C23H20N+. The number of hydrogen-bond donors (Lipinski definition) is 0. The number of aromatic nitrogens is 1. The molecule has 0 radical (unpaired) electrons. The van der Waals surface area contributed by atoms with Crippen molar-refractivity contribution in [1.82, 2.24) is 0 Å². The lowest BCUT2D eigenvalue weighted by molar-refractivity contribution is -0.511. The molecule has 0 bridgehead atoms. The van der Waals surface area contributed by atoms with Gasteiger partial charge in [-0.2, -0.15) is 4.40 Å². The van der Waals surface area contributed by atoms with Gasteiger partial charge in [-0.15, -0.1) is 0 Å². The van der Waals surface area contributed by atoms with Crippen LogP contribution in [0.25, 0.3) is 27.8 Å². The predicted octanol–water partition coefficient (Wildman–Crippen LogP) is 5.38. The molecule has 0 aliphatic rings. The van der Waals surface area contributed by atoms with E-state index in [1.54, 1.807) is 0 Å². The van der Waals surface area contributed by atoms with E-state index in [1.807, 2.05) is 0 Å². The van der Waals surface area contributed by atoms with E-state index in [2.05, 4.69) is 103 Å². The molecule has 0 amide bonds. The maximum absolute atomic E-state index is 2.28. The number of hydrogen-bond acceptors (Lipinski definition) is 0. The Bertz CT molecular complexity index is 947. The van der Waals surface area contributed by atoms with Gasteiger partial charge in [0.2, 0.25) is 5.52 Å². The van der Waals surface area contributed by atoms with Gasteiger partial charge in [0.15, 0.2) is 12.4 Å². The summed E-state index contributed by atoms with van der Waals surface area (Å²) in [6, 6.07) is 26.0. The van der Waals surface area contributed by atoms with Crippen LogP contribution in [0.4, 0.5) is 0 Å². The van der Waals surface area contributed by atoms with Gasteiger partial charge in [-0.25, -0.2) is 0 Å². The van der Waals surface area contributed by atoms with Crippen LogP contribution in [0.15, 0.2) is 85.2 Å². The Hall–Kier alpha value is -2.93. The quantitative estimate of drug-likeness (QED) is 0.438. The highest BCUT2D eigenvalue weighted by atomic mass is 14.8.